The molecule has 0 spiro atoms. The summed E-state index contributed by atoms with van der Waals surface area (Å²) in [7, 11) is 0. The zero-order chi connectivity index (χ0) is 19.9. The first-order chi connectivity index (χ1) is 13.6. The van der Waals surface area contributed by atoms with Crippen molar-refractivity contribution in [2.75, 3.05) is 0 Å². The summed E-state index contributed by atoms with van der Waals surface area (Å²) in [5.74, 6) is -0.0619. The summed E-state index contributed by atoms with van der Waals surface area (Å²) >= 11 is 0. The van der Waals surface area contributed by atoms with Crippen LogP contribution in [-0.2, 0) is 11.3 Å². The lowest BCUT2D eigenvalue weighted by Crippen LogP contribution is -2.26. The van der Waals surface area contributed by atoms with Crippen LogP contribution in [0.1, 0.15) is 25.3 Å². The van der Waals surface area contributed by atoms with E-state index < -0.39 is 5.82 Å². The van der Waals surface area contributed by atoms with Crippen molar-refractivity contribution in [3.05, 3.63) is 95.0 Å². The molecule has 0 saturated carbocycles. The molecular weight excluding hydrogens is 355 g/mol. The third-order valence-electron chi connectivity index (χ3n) is 4.48. The number of nitrogens with two attached hydrogens (primary N) is 1. The zero-order valence-corrected chi connectivity index (χ0v) is 15.7. The molecule has 0 atom stereocenters. The van der Waals surface area contributed by atoms with Gasteiger partial charge in [0.05, 0.1) is 5.57 Å². The smallest absolute Gasteiger partial charge is 0.253 e. The van der Waals surface area contributed by atoms with Gasteiger partial charge in [0.25, 0.3) is 5.91 Å². The molecule has 3 rings (SSSR count). The maximum absolute atomic E-state index is 14.3. The number of nitrogens with one attached hydrogen (secondary N) is 1. The molecule has 0 saturated heterocycles. The summed E-state index contributed by atoms with van der Waals surface area (Å²) in [5, 5.41) is 2.80. The van der Waals surface area contributed by atoms with Crippen molar-refractivity contribution in [3.63, 3.8) is 0 Å². The molecule has 0 aliphatic heterocycles. The molecule has 4 nitrogen and oxygen atoms in total. The van der Waals surface area contributed by atoms with Gasteiger partial charge in [-0.1, -0.05) is 48.9 Å². The Morgan fingerprint density at radius 3 is 2.71 bits per heavy atom. The van der Waals surface area contributed by atoms with Crippen LogP contribution in [0.15, 0.2) is 83.6 Å². The summed E-state index contributed by atoms with van der Waals surface area (Å²) in [4.78, 5) is 12.5. The lowest BCUT2D eigenvalue weighted by atomic mass is 10.1. The van der Waals surface area contributed by atoms with Crippen LogP contribution >= 0.6 is 0 Å². The molecule has 2 aromatic rings. The van der Waals surface area contributed by atoms with E-state index in [1.165, 1.54) is 11.6 Å². The second-order valence-electron chi connectivity index (χ2n) is 6.52. The van der Waals surface area contributed by atoms with E-state index in [9.17, 15) is 9.18 Å². The van der Waals surface area contributed by atoms with Crippen molar-refractivity contribution in [2.24, 2.45) is 5.73 Å². The monoisotopic (exact) mass is 378 g/mol. The normalized spacial score (nSPS) is 13.7. The number of para-hydroxylation sites is 1. The molecule has 0 aromatic heterocycles. The fourth-order valence-corrected chi connectivity index (χ4v) is 2.88. The van der Waals surface area contributed by atoms with Gasteiger partial charge in [-0.15, -0.1) is 0 Å². The number of benzene rings is 2. The second-order valence-corrected chi connectivity index (χ2v) is 6.52. The van der Waals surface area contributed by atoms with E-state index in [0.29, 0.717) is 29.0 Å². The highest BCUT2D eigenvalue weighted by atomic mass is 19.1. The Hall–Kier alpha value is -3.34. The average molecular weight is 378 g/mol. The average Bonchev–Trinajstić information content (AvgIpc) is 2.90. The Balaban J connectivity index is 1.63. The first-order valence-electron chi connectivity index (χ1n) is 9.21. The number of ether oxygens (including phenoxy) is 1. The highest BCUT2D eigenvalue weighted by Crippen LogP contribution is 2.25. The van der Waals surface area contributed by atoms with Crippen molar-refractivity contribution >= 4 is 5.91 Å². The quantitative estimate of drug-likeness (QED) is 0.763. The largest absolute Gasteiger partial charge is 0.454 e. The highest BCUT2D eigenvalue weighted by molar-refractivity contribution is 5.97. The number of allylic oxidation sites excluding steroid dienone is 3. The number of amides is 1. The predicted octanol–water partition coefficient (Wildman–Crippen LogP) is 4.74. The van der Waals surface area contributed by atoms with E-state index in [0.717, 1.165) is 6.42 Å². The SMILES string of the molecule is CCC1=CC=CC(C(=O)NCc2ccc(Oc3ccccc3)c(F)c2)=C(N)C1. The molecular formula is C23H23FN2O2. The summed E-state index contributed by atoms with van der Waals surface area (Å²) in [6, 6.07) is 13.6. The number of carbonyl (C=O) groups excluding carboxylic acids is 1. The minimum absolute atomic E-state index is 0.137. The third-order valence-corrected chi connectivity index (χ3v) is 4.48. The number of carbonyl (C=O) groups is 1. The predicted molar refractivity (Wildman–Crippen MR) is 108 cm³/mol. The molecule has 2 aromatic carbocycles. The van der Waals surface area contributed by atoms with Gasteiger partial charge in [-0.2, -0.15) is 0 Å². The number of hydrogen-bond acceptors (Lipinski definition) is 3. The van der Waals surface area contributed by atoms with Crippen LogP contribution in [0.25, 0.3) is 0 Å². The molecule has 0 unspecified atom stereocenters. The van der Waals surface area contributed by atoms with E-state index >= 15 is 0 Å². The van der Waals surface area contributed by atoms with Gasteiger partial charge in [-0.05, 0) is 42.3 Å². The van der Waals surface area contributed by atoms with Crippen molar-refractivity contribution in [3.8, 4) is 11.5 Å². The first kappa shape index (κ1) is 19.4. The summed E-state index contributed by atoms with van der Waals surface area (Å²) in [6.45, 7) is 2.25. The van der Waals surface area contributed by atoms with Crippen LogP contribution in [0, 0.1) is 5.82 Å². The zero-order valence-electron chi connectivity index (χ0n) is 15.7. The Morgan fingerprint density at radius 1 is 1.21 bits per heavy atom. The molecule has 5 heteroatoms. The highest BCUT2D eigenvalue weighted by Gasteiger charge is 2.14. The molecule has 144 valence electrons. The van der Waals surface area contributed by atoms with Crippen molar-refractivity contribution in [2.45, 2.75) is 26.3 Å². The molecule has 0 radical (unpaired) electrons. The van der Waals surface area contributed by atoms with Crippen molar-refractivity contribution < 1.29 is 13.9 Å². The molecule has 1 aliphatic carbocycles. The first-order valence-corrected chi connectivity index (χ1v) is 9.21. The van der Waals surface area contributed by atoms with Crippen molar-refractivity contribution in [1.29, 1.82) is 0 Å². The van der Waals surface area contributed by atoms with Crippen LogP contribution in [0.5, 0.6) is 11.5 Å². The van der Waals surface area contributed by atoms with E-state index in [4.69, 9.17) is 10.5 Å². The molecule has 3 N–H and O–H groups in total. The third kappa shape index (κ3) is 4.88. The molecule has 0 heterocycles. The van der Waals surface area contributed by atoms with Gasteiger partial charge in [-0.25, -0.2) is 4.39 Å². The van der Waals surface area contributed by atoms with Gasteiger partial charge in [0.15, 0.2) is 11.6 Å². The maximum atomic E-state index is 14.3. The fourth-order valence-electron chi connectivity index (χ4n) is 2.88. The van der Waals surface area contributed by atoms with Gasteiger partial charge in [0.2, 0.25) is 0 Å². The van der Waals surface area contributed by atoms with Gasteiger partial charge >= 0.3 is 0 Å². The minimum atomic E-state index is -0.486. The maximum Gasteiger partial charge on any atom is 0.253 e. The van der Waals surface area contributed by atoms with Crippen LogP contribution in [0.2, 0.25) is 0 Å². The molecule has 1 amide bonds. The van der Waals surface area contributed by atoms with E-state index in [2.05, 4.69) is 12.2 Å². The second kappa shape index (κ2) is 9.04. The van der Waals surface area contributed by atoms with Gasteiger partial charge < -0.3 is 15.8 Å². The number of rotatable bonds is 6. The van der Waals surface area contributed by atoms with E-state index in [1.54, 1.807) is 30.3 Å². The standard InChI is InChI=1S/C23H23FN2O2/c1-2-16-7-6-10-19(21(25)14-16)23(27)26-15-17-11-12-22(20(24)13-17)28-18-8-4-3-5-9-18/h3-13H,2,14-15,25H2,1H3,(H,26,27). The fraction of sp³-hybridized carbons (Fsp3) is 0.174. The number of halogens is 1. The Labute approximate surface area is 164 Å². The van der Waals surface area contributed by atoms with Crippen LogP contribution in [0.4, 0.5) is 4.39 Å². The molecule has 1 aliphatic rings. The van der Waals surface area contributed by atoms with Crippen LogP contribution in [0.3, 0.4) is 0 Å². The Kier molecular flexibility index (Phi) is 6.27. The molecule has 0 fully saturated rings. The Bertz CT molecular complexity index is 946. The summed E-state index contributed by atoms with van der Waals surface area (Å²) < 4.78 is 19.9. The minimum Gasteiger partial charge on any atom is -0.454 e. The van der Waals surface area contributed by atoms with Crippen LogP contribution in [-0.4, -0.2) is 5.91 Å². The lowest BCUT2D eigenvalue weighted by molar-refractivity contribution is -0.117. The topological polar surface area (TPSA) is 64.3 Å². The molecule has 28 heavy (non-hydrogen) atoms. The lowest BCUT2D eigenvalue weighted by Gasteiger charge is -2.11. The summed E-state index contributed by atoms with van der Waals surface area (Å²) in [6.07, 6.45) is 6.99. The van der Waals surface area contributed by atoms with Crippen LogP contribution < -0.4 is 15.8 Å². The number of hydrogen-bond donors (Lipinski definition) is 2. The Morgan fingerprint density at radius 2 is 2.00 bits per heavy atom. The van der Waals surface area contributed by atoms with Gasteiger partial charge in [-0.3, -0.25) is 4.79 Å². The van der Waals surface area contributed by atoms with E-state index in [-0.39, 0.29) is 18.2 Å². The molecule has 0 bridgehead atoms. The van der Waals surface area contributed by atoms with Gasteiger partial charge in [0, 0.05) is 18.7 Å². The van der Waals surface area contributed by atoms with E-state index in [1.807, 2.05) is 30.4 Å². The van der Waals surface area contributed by atoms with Crippen molar-refractivity contribution in [1.82, 2.24) is 5.32 Å². The summed E-state index contributed by atoms with van der Waals surface area (Å²) in [5.41, 5.74) is 8.88. The van der Waals surface area contributed by atoms with Gasteiger partial charge in [0.1, 0.15) is 5.75 Å².